The normalized spacial score (nSPS) is 18.1. The molecule has 0 aliphatic carbocycles. The van der Waals surface area contributed by atoms with Gasteiger partial charge < -0.3 is 4.55 Å². The maximum absolute atomic E-state index is 10.1. The van der Waals surface area contributed by atoms with Crippen molar-refractivity contribution in [3.63, 3.8) is 0 Å². The maximum atomic E-state index is 10.1. The van der Waals surface area contributed by atoms with Crippen molar-refractivity contribution in [1.29, 1.82) is 0 Å². The van der Waals surface area contributed by atoms with Gasteiger partial charge in [-0.2, -0.15) is 12.6 Å². The fourth-order valence-corrected chi connectivity index (χ4v) is 5.99. The smallest absolute Gasteiger partial charge is 0.499 e. The van der Waals surface area contributed by atoms with E-state index in [1.165, 1.54) is 0 Å². The zero-order valence-electron chi connectivity index (χ0n) is 5.39. The Morgan fingerprint density at radius 3 is 1.77 bits per heavy atom. The molecule has 0 radical (unpaired) electrons. The fraction of sp³-hybridized carbons (Fsp3) is 0. The Labute approximate surface area is 77.4 Å². The minimum atomic E-state index is -5.55. The molecule has 13 heteroatoms. The van der Waals surface area contributed by atoms with Gasteiger partial charge >= 0.3 is 38.9 Å². The highest BCUT2D eigenvalue weighted by Crippen LogP contribution is 2.15. The van der Waals surface area contributed by atoms with Crippen LogP contribution in [0.1, 0.15) is 0 Å². The number of hydrogen-bond donors (Lipinski definition) is 2. The molecule has 13 heavy (non-hydrogen) atoms. The molecule has 0 aliphatic heterocycles. The van der Waals surface area contributed by atoms with E-state index in [9.17, 15) is 25.6 Å². The van der Waals surface area contributed by atoms with Crippen molar-refractivity contribution < 1.29 is 38.3 Å². The summed E-state index contributed by atoms with van der Waals surface area (Å²) in [5.74, 6) is 0. The van der Waals surface area contributed by atoms with Gasteiger partial charge in [-0.15, -0.1) is 8.42 Å². The second-order valence-corrected chi connectivity index (χ2v) is 9.32. The number of rotatable bonds is 4. The van der Waals surface area contributed by atoms with Gasteiger partial charge in [0.05, 0.1) is 0 Å². The van der Waals surface area contributed by atoms with Crippen LogP contribution in [0, 0.1) is 0 Å². The number of hydrogen-bond acceptors (Lipinski definition) is 7. The van der Waals surface area contributed by atoms with E-state index in [0.29, 0.717) is 0 Å². The van der Waals surface area contributed by atoms with Crippen molar-refractivity contribution in [2.45, 2.75) is 0 Å². The first-order valence-corrected chi connectivity index (χ1v) is 8.10. The van der Waals surface area contributed by atoms with Crippen LogP contribution < -0.4 is 0 Å². The van der Waals surface area contributed by atoms with Crippen LogP contribution in [-0.4, -0.2) is 34.7 Å². The van der Waals surface area contributed by atoms with Crippen LogP contribution in [0.3, 0.4) is 0 Å². The summed E-state index contributed by atoms with van der Waals surface area (Å²) < 4.78 is 79.6. The first kappa shape index (κ1) is 13.2. The molecule has 0 aromatic heterocycles. The summed E-state index contributed by atoms with van der Waals surface area (Å²) in [6, 6.07) is 0. The molecule has 0 aromatic rings. The van der Waals surface area contributed by atoms with Crippen molar-refractivity contribution in [3.05, 3.63) is 0 Å². The highest BCUT2D eigenvalue weighted by Gasteiger charge is 2.48. The summed E-state index contributed by atoms with van der Waals surface area (Å²) >= 11 is -3.29. The van der Waals surface area contributed by atoms with Gasteiger partial charge in [0.25, 0.3) is 0 Å². The molecule has 0 amide bonds. The average Bonchev–Trinajstić information content (AvgIpc) is 1.77. The summed E-state index contributed by atoms with van der Waals surface area (Å²) in [5, 5.41) is 0. The Morgan fingerprint density at radius 1 is 1.31 bits per heavy atom. The predicted molar refractivity (Wildman–Crippen MR) is 40.5 cm³/mol. The van der Waals surface area contributed by atoms with Gasteiger partial charge in [0.2, 0.25) is 0 Å². The molecule has 0 fully saturated rings. The molecule has 0 bridgehead atoms. The minimum Gasteiger partial charge on any atom is -0.703 e. The molecule has 0 rings (SSSR count). The van der Waals surface area contributed by atoms with E-state index in [4.69, 9.17) is 9.11 Å². The third kappa shape index (κ3) is 4.87. The minimum absolute atomic E-state index is 3.29. The lowest BCUT2D eigenvalue weighted by Crippen LogP contribution is -2.27. The summed E-state index contributed by atoms with van der Waals surface area (Å²) in [6.07, 6.45) is 0. The van der Waals surface area contributed by atoms with Crippen LogP contribution in [-0.2, 0) is 42.5 Å². The van der Waals surface area contributed by atoms with Crippen molar-refractivity contribution in [3.8, 4) is 0 Å². The van der Waals surface area contributed by atoms with E-state index in [1.54, 1.807) is 0 Å². The Bertz CT molecular complexity index is 349. The molecule has 0 heterocycles. The standard InChI is InChI=1S/H2O9S4/c1-10(2)9-11(12(3,4)5)13(6,7)8/h(H2-,1,2,3,4,5,6,7,8). The van der Waals surface area contributed by atoms with Crippen molar-refractivity contribution >= 4 is 38.9 Å². The quantitative estimate of drug-likeness (QED) is 0.254. The monoisotopic (exact) mass is 274 g/mol. The summed E-state index contributed by atoms with van der Waals surface area (Å²) in [5.41, 5.74) is 0. The van der Waals surface area contributed by atoms with Crippen LogP contribution in [0.25, 0.3) is 0 Å². The summed E-state index contributed by atoms with van der Waals surface area (Å²) in [4.78, 5) is 0. The summed E-state index contributed by atoms with van der Waals surface area (Å²) in [7, 11) is -14.5. The van der Waals surface area contributed by atoms with Gasteiger partial charge in [0, 0.05) is 0 Å². The molecule has 0 aromatic carbocycles. The molecule has 0 saturated heterocycles. The molecule has 0 spiro atoms. The van der Waals surface area contributed by atoms with E-state index in [-0.39, 0.29) is 0 Å². The molecule has 80 valence electrons. The van der Waals surface area contributed by atoms with Gasteiger partial charge in [-0.3, -0.25) is 4.55 Å². The lowest BCUT2D eigenvalue weighted by Gasteiger charge is -2.01. The van der Waals surface area contributed by atoms with Gasteiger partial charge in [-0.05, 0) is 3.63 Å². The van der Waals surface area contributed by atoms with Gasteiger partial charge in [-0.1, -0.05) is 0 Å². The zero-order chi connectivity index (χ0) is 10.9. The van der Waals surface area contributed by atoms with Gasteiger partial charge in [0.1, 0.15) is 0 Å². The lowest BCUT2D eigenvalue weighted by atomic mass is 15.8. The van der Waals surface area contributed by atoms with Crippen LogP contribution in [0.2, 0.25) is 0 Å². The highest BCUT2D eigenvalue weighted by molar-refractivity contribution is 8.97. The third-order valence-electron chi connectivity index (χ3n) is 0.452. The third-order valence-corrected chi connectivity index (χ3v) is 8.12. The van der Waals surface area contributed by atoms with Crippen molar-refractivity contribution in [2.75, 3.05) is 0 Å². The molecular weight excluding hydrogens is 272 g/mol. The van der Waals surface area contributed by atoms with E-state index in [0.717, 1.165) is 0 Å². The Balaban J connectivity index is 5.15. The molecule has 0 aliphatic rings. The predicted octanol–water partition coefficient (Wildman–Crippen LogP) is -2.06. The van der Waals surface area contributed by atoms with Crippen LogP contribution in [0.15, 0.2) is 0 Å². The van der Waals surface area contributed by atoms with Crippen LogP contribution in [0.4, 0.5) is 0 Å². The zero-order valence-corrected chi connectivity index (χ0v) is 8.65. The first-order valence-electron chi connectivity index (χ1n) is 2.03. The Kier molecular flexibility index (Phi) is 4.25. The van der Waals surface area contributed by atoms with Gasteiger partial charge in [0.15, 0.2) is 0 Å². The van der Waals surface area contributed by atoms with Crippen LogP contribution >= 0.6 is 0 Å². The average molecular weight is 274 g/mol. The SMILES string of the molecule is O=S(O)O[S+](S(=O)(=O)[O-])S(=O)(=O)O. The lowest BCUT2D eigenvalue weighted by molar-refractivity contribution is 0.461. The first-order chi connectivity index (χ1) is 5.55. The van der Waals surface area contributed by atoms with E-state index in [2.05, 4.69) is 3.63 Å². The van der Waals surface area contributed by atoms with E-state index >= 15 is 0 Å². The van der Waals surface area contributed by atoms with Crippen molar-refractivity contribution in [2.24, 2.45) is 0 Å². The fourth-order valence-electron chi connectivity index (χ4n) is 0.222. The second kappa shape index (κ2) is 4.18. The van der Waals surface area contributed by atoms with Gasteiger partial charge in [-0.25, -0.2) is 4.55 Å². The molecular formula is H2O9S4. The molecule has 0 saturated carbocycles. The van der Waals surface area contributed by atoms with Crippen molar-refractivity contribution in [1.82, 2.24) is 0 Å². The topological polar surface area (TPSA) is 158 Å². The van der Waals surface area contributed by atoms with E-state index < -0.39 is 38.9 Å². The highest BCUT2D eigenvalue weighted by atomic mass is 33.6. The summed E-state index contributed by atoms with van der Waals surface area (Å²) in [6.45, 7) is 0. The Hall–Kier alpha value is 0.240. The Morgan fingerprint density at radius 2 is 1.69 bits per heavy atom. The molecule has 2 N–H and O–H groups in total. The van der Waals surface area contributed by atoms with Crippen LogP contribution in [0.5, 0.6) is 0 Å². The molecule has 2 atom stereocenters. The maximum Gasteiger partial charge on any atom is 0.499 e. The molecule has 2 unspecified atom stereocenters. The largest absolute Gasteiger partial charge is 0.703 e. The second-order valence-electron chi connectivity index (χ2n) is 1.33. The molecule has 9 nitrogen and oxygen atoms in total. The van der Waals surface area contributed by atoms with E-state index in [1.807, 2.05) is 0 Å².